The number of hydrogen-bond acceptors (Lipinski definition) is 8. The second kappa shape index (κ2) is 6.23. The molecular weight excluding hydrogens is 286 g/mol. The molecule has 0 fully saturated rings. The zero-order valence-corrected chi connectivity index (χ0v) is 13.7. The molecule has 21 heavy (non-hydrogen) atoms. The Balaban J connectivity index is 2.26. The summed E-state index contributed by atoms with van der Waals surface area (Å²) >= 11 is 1.79. The molecule has 0 radical (unpaired) electrons. The van der Waals surface area contributed by atoms with E-state index < -0.39 is 0 Å². The number of nitrogen functional groups attached to an aromatic ring is 1. The number of aromatic nitrogens is 3. The Labute approximate surface area is 128 Å². The summed E-state index contributed by atoms with van der Waals surface area (Å²) in [5.74, 6) is 6.79. The van der Waals surface area contributed by atoms with Crippen LogP contribution in [0.3, 0.4) is 0 Å². The van der Waals surface area contributed by atoms with Crippen LogP contribution in [0, 0.1) is 13.8 Å². The number of thiophene rings is 1. The molecule has 2 aromatic rings. The van der Waals surface area contributed by atoms with Gasteiger partial charge in [0, 0.05) is 23.8 Å². The molecule has 7 nitrogen and oxygen atoms in total. The van der Waals surface area contributed by atoms with Crippen LogP contribution >= 0.6 is 11.3 Å². The quantitative estimate of drug-likeness (QED) is 0.575. The van der Waals surface area contributed by atoms with Gasteiger partial charge in [-0.25, -0.2) is 5.84 Å². The molecule has 2 rings (SSSR count). The van der Waals surface area contributed by atoms with Crippen molar-refractivity contribution in [2.24, 2.45) is 5.84 Å². The fourth-order valence-corrected chi connectivity index (χ4v) is 3.07. The van der Waals surface area contributed by atoms with Crippen molar-refractivity contribution in [3.63, 3.8) is 0 Å². The summed E-state index contributed by atoms with van der Waals surface area (Å²) in [4.78, 5) is 17.2. The van der Waals surface area contributed by atoms with Gasteiger partial charge in [-0.2, -0.15) is 15.0 Å². The van der Waals surface area contributed by atoms with E-state index in [2.05, 4.69) is 52.5 Å². The Kier molecular flexibility index (Phi) is 4.59. The van der Waals surface area contributed by atoms with E-state index in [4.69, 9.17) is 5.84 Å². The molecular formula is C13H21N7S. The van der Waals surface area contributed by atoms with Gasteiger partial charge >= 0.3 is 0 Å². The standard InChI is InChI=1S/C13H21N7S/c1-7-6-10(9(3)21-7)8(2)15-11-16-12(19-14)18-13(17-11)20(4)5/h6,8H,14H2,1-5H3,(H2,15,16,17,18,19). The third-order valence-electron chi connectivity index (χ3n) is 3.04. The Morgan fingerprint density at radius 3 is 2.38 bits per heavy atom. The molecule has 0 saturated heterocycles. The van der Waals surface area contributed by atoms with Gasteiger partial charge in [-0.15, -0.1) is 11.3 Å². The van der Waals surface area contributed by atoms with Gasteiger partial charge in [-0.05, 0) is 32.4 Å². The first-order valence-electron chi connectivity index (χ1n) is 6.64. The Morgan fingerprint density at radius 2 is 1.86 bits per heavy atom. The van der Waals surface area contributed by atoms with Gasteiger partial charge in [0.1, 0.15) is 0 Å². The maximum atomic E-state index is 5.41. The molecule has 0 saturated carbocycles. The van der Waals surface area contributed by atoms with E-state index >= 15 is 0 Å². The Morgan fingerprint density at radius 1 is 1.19 bits per heavy atom. The fraction of sp³-hybridized carbons (Fsp3) is 0.462. The zero-order chi connectivity index (χ0) is 15.6. The number of nitrogens with zero attached hydrogens (tertiary/aromatic N) is 4. The van der Waals surface area contributed by atoms with Crippen molar-refractivity contribution in [3.8, 4) is 0 Å². The van der Waals surface area contributed by atoms with Crippen molar-refractivity contribution in [2.75, 3.05) is 29.7 Å². The highest BCUT2D eigenvalue weighted by Gasteiger charge is 2.14. The van der Waals surface area contributed by atoms with Crippen LogP contribution < -0.4 is 21.5 Å². The first kappa shape index (κ1) is 15.5. The molecule has 8 heteroatoms. The van der Waals surface area contributed by atoms with Crippen molar-refractivity contribution < 1.29 is 0 Å². The molecule has 1 atom stereocenters. The second-order valence-electron chi connectivity index (χ2n) is 5.06. The number of aryl methyl sites for hydroxylation is 2. The Bertz CT molecular complexity index is 623. The molecule has 0 amide bonds. The summed E-state index contributed by atoms with van der Waals surface area (Å²) in [6.07, 6.45) is 0. The number of nitrogens with one attached hydrogen (secondary N) is 2. The lowest BCUT2D eigenvalue weighted by atomic mass is 10.1. The highest BCUT2D eigenvalue weighted by atomic mass is 32.1. The molecule has 0 bridgehead atoms. The third-order valence-corrected chi connectivity index (χ3v) is 4.03. The lowest BCUT2D eigenvalue weighted by molar-refractivity contribution is 0.845. The van der Waals surface area contributed by atoms with Crippen LogP contribution in [-0.4, -0.2) is 29.0 Å². The number of hydrazine groups is 1. The summed E-state index contributed by atoms with van der Waals surface area (Å²) in [7, 11) is 3.74. The number of anilines is 3. The minimum Gasteiger partial charge on any atom is -0.347 e. The van der Waals surface area contributed by atoms with E-state index in [1.807, 2.05) is 14.1 Å². The van der Waals surface area contributed by atoms with E-state index in [1.54, 1.807) is 16.2 Å². The van der Waals surface area contributed by atoms with Crippen LogP contribution in [0.1, 0.15) is 28.3 Å². The van der Waals surface area contributed by atoms with Gasteiger partial charge in [0.15, 0.2) is 0 Å². The van der Waals surface area contributed by atoms with E-state index in [-0.39, 0.29) is 6.04 Å². The largest absolute Gasteiger partial charge is 0.347 e. The van der Waals surface area contributed by atoms with E-state index in [0.717, 1.165) is 0 Å². The normalized spacial score (nSPS) is 12.1. The molecule has 0 aromatic carbocycles. The molecule has 0 spiro atoms. The SMILES string of the molecule is Cc1cc(C(C)Nc2nc(NN)nc(N(C)C)n2)c(C)s1. The monoisotopic (exact) mass is 307 g/mol. The van der Waals surface area contributed by atoms with Crippen LogP contribution in [0.2, 0.25) is 0 Å². The summed E-state index contributed by atoms with van der Waals surface area (Å²) < 4.78 is 0. The minimum absolute atomic E-state index is 0.109. The minimum atomic E-state index is 0.109. The molecule has 0 aliphatic heterocycles. The van der Waals surface area contributed by atoms with Crippen molar-refractivity contribution in [2.45, 2.75) is 26.8 Å². The topological polar surface area (TPSA) is 92.0 Å². The maximum Gasteiger partial charge on any atom is 0.243 e. The van der Waals surface area contributed by atoms with Crippen LogP contribution in [0.15, 0.2) is 6.07 Å². The maximum absolute atomic E-state index is 5.41. The molecule has 0 aliphatic carbocycles. The van der Waals surface area contributed by atoms with Crippen LogP contribution in [0.5, 0.6) is 0 Å². The number of nitrogens with two attached hydrogens (primary N) is 1. The van der Waals surface area contributed by atoms with Crippen LogP contribution in [0.4, 0.5) is 17.8 Å². The number of hydrogen-bond donors (Lipinski definition) is 3. The molecule has 4 N–H and O–H groups in total. The van der Waals surface area contributed by atoms with Crippen LogP contribution in [-0.2, 0) is 0 Å². The molecule has 2 heterocycles. The highest BCUT2D eigenvalue weighted by Crippen LogP contribution is 2.28. The fourth-order valence-electron chi connectivity index (χ4n) is 2.05. The van der Waals surface area contributed by atoms with E-state index in [0.29, 0.717) is 17.8 Å². The summed E-state index contributed by atoms with van der Waals surface area (Å²) in [6.45, 7) is 6.32. The highest BCUT2D eigenvalue weighted by molar-refractivity contribution is 7.12. The summed E-state index contributed by atoms with van der Waals surface area (Å²) in [5, 5.41) is 3.30. The predicted molar refractivity (Wildman–Crippen MR) is 87.8 cm³/mol. The van der Waals surface area contributed by atoms with E-state index in [1.165, 1.54) is 15.3 Å². The average Bonchev–Trinajstić information content (AvgIpc) is 2.77. The first-order chi connectivity index (χ1) is 9.90. The summed E-state index contributed by atoms with van der Waals surface area (Å²) in [6, 6.07) is 2.30. The smallest absolute Gasteiger partial charge is 0.243 e. The van der Waals surface area contributed by atoms with Gasteiger partial charge in [0.05, 0.1) is 6.04 Å². The molecule has 2 aromatic heterocycles. The van der Waals surface area contributed by atoms with Crippen molar-refractivity contribution in [1.29, 1.82) is 0 Å². The van der Waals surface area contributed by atoms with Crippen molar-refractivity contribution in [3.05, 3.63) is 21.4 Å². The molecule has 1 unspecified atom stereocenters. The van der Waals surface area contributed by atoms with Gasteiger partial charge in [0.25, 0.3) is 0 Å². The second-order valence-corrected chi connectivity index (χ2v) is 6.52. The first-order valence-corrected chi connectivity index (χ1v) is 7.46. The zero-order valence-electron chi connectivity index (χ0n) is 12.9. The molecule has 0 aliphatic rings. The van der Waals surface area contributed by atoms with Gasteiger partial charge in [-0.1, -0.05) is 0 Å². The average molecular weight is 307 g/mol. The van der Waals surface area contributed by atoms with Crippen LogP contribution in [0.25, 0.3) is 0 Å². The summed E-state index contributed by atoms with van der Waals surface area (Å²) in [5.41, 5.74) is 3.72. The third kappa shape index (κ3) is 3.59. The predicted octanol–water partition coefficient (Wildman–Crippen LogP) is 2.07. The van der Waals surface area contributed by atoms with Gasteiger partial charge < -0.3 is 10.2 Å². The lowest BCUT2D eigenvalue weighted by Gasteiger charge is -2.16. The van der Waals surface area contributed by atoms with Crippen molar-refractivity contribution in [1.82, 2.24) is 15.0 Å². The lowest BCUT2D eigenvalue weighted by Crippen LogP contribution is -2.19. The Hall–Kier alpha value is -1.93. The molecule has 114 valence electrons. The number of rotatable bonds is 5. The van der Waals surface area contributed by atoms with Gasteiger partial charge in [0.2, 0.25) is 17.8 Å². The van der Waals surface area contributed by atoms with Crippen molar-refractivity contribution >= 4 is 29.2 Å². The van der Waals surface area contributed by atoms with Gasteiger partial charge in [-0.3, -0.25) is 5.43 Å². The van der Waals surface area contributed by atoms with E-state index in [9.17, 15) is 0 Å².